The van der Waals surface area contributed by atoms with Crippen molar-refractivity contribution < 1.29 is 0 Å². The second-order valence-corrected chi connectivity index (χ2v) is 7.77. The average Bonchev–Trinajstić information content (AvgIpc) is 3.23. The van der Waals surface area contributed by atoms with Crippen LogP contribution in [-0.4, -0.2) is 11.5 Å². The Kier molecular flexibility index (Phi) is 3.85. The van der Waals surface area contributed by atoms with E-state index in [1.165, 1.54) is 33.9 Å². The fourth-order valence-electron chi connectivity index (χ4n) is 3.82. The van der Waals surface area contributed by atoms with Gasteiger partial charge in [0.15, 0.2) is 0 Å². The standard InChI is InChI=1S/C19H22N2S/c1-13-3-2-4-16(7-13)18-11-21-19(22-18)12-20-10-17-9-14-5-6-15(17)8-14/h2-7,11,14-15,17,20H,8-10,12H2,1H3. The molecule has 2 aliphatic carbocycles. The molecule has 2 aromatic rings. The minimum Gasteiger partial charge on any atom is -0.310 e. The Balaban J connectivity index is 1.33. The largest absolute Gasteiger partial charge is 0.310 e. The Morgan fingerprint density at radius 3 is 3.00 bits per heavy atom. The van der Waals surface area contributed by atoms with E-state index >= 15 is 0 Å². The van der Waals surface area contributed by atoms with Crippen molar-refractivity contribution in [3.05, 3.63) is 53.2 Å². The number of fused-ring (bicyclic) bond motifs is 2. The first-order chi connectivity index (χ1) is 10.8. The molecule has 3 atom stereocenters. The van der Waals surface area contributed by atoms with Gasteiger partial charge in [0.05, 0.1) is 4.88 Å². The molecule has 0 aliphatic heterocycles. The molecule has 0 amide bonds. The second-order valence-electron chi connectivity index (χ2n) is 6.66. The molecule has 114 valence electrons. The summed E-state index contributed by atoms with van der Waals surface area (Å²) in [5, 5.41) is 4.81. The number of nitrogens with one attached hydrogen (secondary N) is 1. The summed E-state index contributed by atoms with van der Waals surface area (Å²) in [4.78, 5) is 5.84. The molecule has 1 saturated carbocycles. The van der Waals surface area contributed by atoms with Gasteiger partial charge in [-0.1, -0.05) is 42.0 Å². The fourth-order valence-corrected chi connectivity index (χ4v) is 4.70. The van der Waals surface area contributed by atoms with Crippen LogP contribution in [0.25, 0.3) is 10.4 Å². The summed E-state index contributed by atoms with van der Waals surface area (Å²) in [5.41, 5.74) is 2.58. The van der Waals surface area contributed by atoms with Crippen LogP contribution in [0.5, 0.6) is 0 Å². The molecule has 1 N–H and O–H groups in total. The molecule has 4 rings (SSSR count). The van der Waals surface area contributed by atoms with E-state index in [4.69, 9.17) is 0 Å². The minimum atomic E-state index is 0.830. The summed E-state index contributed by atoms with van der Waals surface area (Å²) in [7, 11) is 0. The van der Waals surface area contributed by atoms with E-state index in [2.05, 4.69) is 53.6 Å². The zero-order valence-electron chi connectivity index (χ0n) is 13.0. The van der Waals surface area contributed by atoms with Crippen molar-refractivity contribution in [1.29, 1.82) is 0 Å². The molecule has 1 aromatic carbocycles. The molecular weight excluding hydrogens is 288 g/mol. The van der Waals surface area contributed by atoms with Gasteiger partial charge in [0.1, 0.15) is 5.01 Å². The highest BCUT2D eigenvalue weighted by Gasteiger charge is 2.34. The Morgan fingerprint density at radius 2 is 2.23 bits per heavy atom. The number of hydrogen-bond acceptors (Lipinski definition) is 3. The Labute approximate surface area is 136 Å². The van der Waals surface area contributed by atoms with Gasteiger partial charge in [-0.2, -0.15) is 0 Å². The first-order valence-electron chi connectivity index (χ1n) is 8.19. The molecule has 2 bridgehead atoms. The van der Waals surface area contributed by atoms with Crippen molar-refractivity contribution in [2.75, 3.05) is 6.54 Å². The molecule has 0 radical (unpaired) electrons. The maximum atomic E-state index is 4.58. The minimum absolute atomic E-state index is 0.830. The maximum Gasteiger partial charge on any atom is 0.107 e. The normalized spacial score (nSPS) is 26.0. The van der Waals surface area contributed by atoms with Gasteiger partial charge in [0, 0.05) is 12.7 Å². The van der Waals surface area contributed by atoms with Crippen molar-refractivity contribution in [3.63, 3.8) is 0 Å². The second kappa shape index (κ2) is 5.98. The quantitative estimate of drug-likeness (QED) is 0.827. The first kappa shape index (κ1) is 14.2. The van der Waals surface area contributed by atoms with E-state index in [0.29, 0.717) is 0 Å². The lowest BCUT2D eigenvalue weighted by atomic mass is 9.94. The lowest BCUT2D eigenvalue weighted by Crippen LogP contribution is -2.24. The summed E-state index contributed by atoms with van der Waals surface area (Å²) < 4.78 is 0. The summed E-state index contributed by atoms with van der Waals surface area (Å²) in [6.45, 7) is 4.16. The van der Waals surface area contributed by atoms with Gasteiger partial charge in [-0.15, -0.1) is 11.3 Å². The molecule has 2 aliphatic rings. The smallest absolute Gasteiger partial charge is 0.107 e. The van der Waals surface area contributed by atoms with Gasteiger partial charge in [-0.25, -0.2) is 4.98 Å². The number of rotatable bonds is 5. The van der Waals surface area contributed by atoms with Crippen molar-refractivity contribution in [2.45, 2.75) is 26.3 Å². The Morgan fingerprint density at radius 1 is 1.27 bits per heavy atom. The monoisotopic (exact) mass is 310 g/mol. The lowest BCUT2D eigenvalue weighted by Gasteiger charge is -2.18. The number of hydrogen-bond donors (Lipinski definition) is 1. The highest BCUT2D eigenvalue weighted by atomic mass is 32.1. The third-order valence-electron chi connectivity index (χ3n) is 4.96. The zero-order chi connectivity index (χ0) is 14.9. The number of thiazole rings is 1. The zero-order valence-corrected chi connectivity index (χ0v) is 13.8. The average molecular weight is 310 g/mol. The highest BCUT2D eigenvalue weighted by Crippen LogP contribution is 2.43. The summed E-state index contributed by atoms with van der Waals surface area (Å²) in [6, 6.07) is 8.65. The molecular formula is C19H22N2S. The maximum absolute atomic E-state index is 4.58. The number of allylic oxidation sites excluding steroid dienone is 2. The molecule has 3 unspecified atom stereocenters. The topological polar surface area (TPSA) is 24.9 Å². The van der Waals surface area contributed by atoms with Crippen molar-refractivity contribution >= 4 is 11.3 Å². The first-order valence-corrected chi connectivity index (χ1v) is 9.00. The van der Waals surface area contributed by atoms with Crippen molar-refractivity contribution in [3.8, 4) is 10.4 Å². The van der Waals surface area contributed by atoms with Gasteiger partial charge in [0.25, 0.3) is 0 Å². The number of aryl methyl sites for hydroxylation is 1. The molecule has 3 heteroatoms. The Hall–Kier alpha value is -1.45. The third-order valence-corrected chi connectivity index (χ3v) is 6.00. The van der Waals surface area contributed by atoms with Gasteiger partial charge in [0.2, 0.25) is 0 Å². The number of aromatic nitrogens is 1. The van der Waals surface area contributed by atoms with Gasteiger partial charge >= 0.3 is 0 Å². The van der Waals surface area contributed by atoms with Crippen LogP contribution in [0.1, 0.15) is 23.4 Å². The van der Waals surface area contributed by atoms with Crippen LogP contribution >= 0.6 is 11.3 Å². The molecule has 0 saturated heterocycles. The molecule has 22 heavy (non-hydrogen) atoms. The lowest BCUT2D eigenvalue weighted by molar-refractivity contribution is 0.414. The highest BCUT2D eigenvalue weighted by molar-refractivity contribution is 7.15. The van der Waals surface area contributed by atoms with Gasteiger partial charge in [-0.3, -0.25) is 0 Å². The summed E-state index contributed by atoms with van der Waals surface area (Å²) in [5.74, 6) is 2.53. The van der Waals surface area contributed by atoms with E-state index in [9.17, 15) is 0 Å². The van der Waals surface area contributed by atoms with Gasteiger partial charge < -0.3 is 5.32 Å². The molecule has 1 fully saturated rings. The molecule has 1 aromatic heterocycles. The van der Waals surface area contributed by atoms with Crippen molar-refractivity contribution in [1.82, 2.24) is 10.3 Å². The summed E-state index contributed by atoms with van der Waals surface area (Å²) >= 11 is 1.80. The van der Waals surface area contributed by atoms with E-state index in [-0.39, 0.29) is 0 Å². The predicted octanol–water partition coefficient (Wildman–Crippen LogP) is 4.42. The molecule has 1 heterocycles. The van der Waals surface area contributed by atoms with Crippen LogP contribution in [0.15, 0.2) is 42.6 Å². The van der Waals surface area contributed by atoms with Crippen LogP contribution < -0.4 is 5.32 Å². The predicted molar refractivity (Wildman–Crippen MR) is 92.8 cm³/mol. The van der Waals surface area contributed by atoms with E-state index in [1.54, 1.807) is 11.3 Å². The van der Waals surface area contributed by atoms with Crippen LogP contribution in [-0.2, 0) is 6.54 Å². The number of nitrogens with zero attached hydrogens (tertiary/aromatic N) is 1. The van der Waals surface area contributed by atoms with Crippen LogP contribution in [0, 0.1) is 24.7 Å². The van der Waals surface area contributed by atoms with E-state index < -0.39 is 0 Å². The third kappa shape index (κ3) is 2.88. The van der Waals surface area contributed by atoms with E-state index in [0.717, 1.165) is 30.8 Å². The molecule has 2 nitrogen and oxygen atoms in total. The summed E-state index contributed by atoms with van der Waals surface area (Å²) in [6.07, 6.45) is 9.62. The Bertz CT molecular complexity index is 688. The van der Waals surface area contributed by atoms with Crippen LogP contribution in [0.4, 0.5) is 0 Å². The SMILES string of the molecule is Cc1cccc(-c2cnc(CNCC3CC4C=CC3C4)s2)c1. The van der Waals surface area contributed by atoms with E-state index in [1.807, 2.05) is 6.20 Å². The van der Waals surface area contributed by atoms with Crippen molar-refractivity contribution in [2.24, 2.45) is 17.8 Å². The van der Waals surface area contributed by atoms with Crippen LogP contribution in [0.2, 0.25) is 0 Å². The van der Waals surface area contributed by atoms with Gasteiger partial charge in [-0.05, 0) is 49.6 Å². The molecule has 0 spiro atoms. The van der Waals surface area contributed by atoms with Crippen LogP contribution in [0.3, 0.4) is 0 Å². The fraction of sp³-hybridized carbons (Fsp3) is 0.421. The number of benzene rings is 1.